The van der Waals surface area contributed by atoms with Crippen LogP contribution in [0.3, 0.4) is 0 Å². The second-order valence-corrected chi connectivity index (χ2v) is 5.26. The Morgan fingerprint density at radius 3 is 2.11 bits per heavy atom. The number of rotatable bonds is 4. The zero-order valence-electron chi connectivity index (χ0n) is 9.89. The van der Waals surface area contributed by atoms with E-state index >= 15 is 0 Å². The van der Waals surface area contributed by atoms with Crippen LogP contribution in [-0.2, 0) is 16.6 Å². The van der Waals surface area contributed by atoms with Crippen molar-refractivity contribution < 1.29 is 8.42 Å². The lowest BCUT2D eigenvalue weighted by Crippen LogP contribution is -2.23. The van der Waals surface area contributed by atoms with E-state index in [1.165, 1.54) is 0 Å². The summed E-state index contributed by atoms with van der Waals surface area (Å²) in [4.78, 5) is 4.14. The largest absolute Gasteiger partial charge is 0.265 e. The highest BCUT2D eigenvalue weighted by Crippen LogP contribution is 2.08. The van der Waals surface area contributed by atoms with Gasteiger partial charge >= 0.3 is 0 Å². The Hall–Kier alpha value is -1.14. The van der Waals surface area contributed by atoms with Gasteiger partial charge in [0.1, 0.15) is 0 Å². The number of nitrogens with one attached hydrogen (secondary N) is 1. The Labute approximate surface area is 125 Å². The van der Waals surface area contributed by atoms with Crippen LogP contribution in [0.15, 0.2) is 59.8 Å². The van der Waals surface area contributed by atoms with Crippen molar-refractivity contribution in [1.82, 2.24) is 9.71 Å². The average Bonchev–Trinajstić information content (AvgIpc) is 2.39. The van der Waals surface area contributed by atoms with Crippen molar-refractivity contribution in [2.45, 2.75) is 11.4 Å². The van der Waals surface area contributed by atoms with Gasteiger partial charge in [-0.3, -0.25) is 4.98 Å². The molecule has 7 heteroatoms. The minimum atomic E-state index is -3.43. The third kappa shape index (κ3) is 5.16. The van der Waals surface area contributed by atoms with Gasteiger partial charge in [0.15, 0.2) is 0 Å². The second kappa shape index (κ2) is 8.12. The predicted molar refractivity (Wildman–Crippen MR) is 79.2 cm³/mol. The molecule has 0 amide bonds. The SMILES string of the molecule is Cl.Cl.O=S(=O)(NCc1ccncc1)c1ccccc1. The maximum Gasteiger partial charge on any atom is 0.240 e. The Morgan fingerprint density at radius 2 is 1.53 bits per heavy atom. The lowest BCUT2D eigenvalue weighted by Gasteiger charge is -2.06. The van der Waals surface area contributed by atoms with E-state index in [0.717, 1.165) is 5.56 Å². The highest BCUT2D eigenvalue weighted by Gasteiger charge is 2.12. The number of hydrogen-bond donors (Lipinski definition) is 1. The monoisotopic (exact) mass is 320 g/mol. The van der Waals surface area contributed by atoms with Gasteiger partial charge in [-0.1, -0.05) is 18.2 Å². The Balaban J connectivity index is 0.00000162. The highest BCUT2D eigenvalue weighted by atomic mass is 35.5. The van der Waals surface area contributed by atoms with Gasteiger partial charge in [-0.2, -0.15) is 0 Å². The number of aromatic nitrogens is 1. The summed E-state index contributed by atoms with van der Waals surface area (Å²) in [5.41, 5.74) is 0.875. The van der Waals surface area contributed by atoms with Crippen LogP contribution in [-0.4, -0.2) is 13.4 Å². The smallest absolute Gasteiger partial charge is 0.240 e. The van der Waals surface area contributed by atoms with E-state index < -0.39 is 10.0 Å². The van der Waals surface area contributed by atoms with Gasteiger partial charge in [-0.25, -0.2) is 13.1 Å². The number of nitrogens with zero attached hydrogens (tertiary/aromatic N) is 1. The van der Waals surface area contributed by atoms with Crippen LogP contribution in [0.1, 0.15) is 5.56 Å². The van der Waals surface area contributed by atoms with Crippen molar-refractivity contribution in [1.29, 1.82) is 0 Å². The fraction of sp³-hybridized carbons (Fsp3) is 0.0833. The summed E-state index contributed by atoms with van der Waals surface area (Å²) in [6, 6.07) is 11.8. The van der Waals surface area contributed by atoms with Crippen LogP contribution < -0.4 is 4.72 Å². The molecule has 19 heavy (non-hydrogen) atoms. The van der Waals surface area contributed by atoms with Crippen LogP contribution in [0.4, 0.5) is 0 Å². The van der Waals surface area contributed by atoms with Crippen LogP contribution in [0.2, 0.25) is 0 Å². The van der Waals surface area contributed by atoms with Gasteiger partial charge in [-0.15, -0.1) is 24.8 Å². The molecule has 0 radical (unpaired) electrons. The molecular formula is C12H14Cl2N2O2S. The highest BCUT2D eigenvalue weighted by molar-refractivity contribution is 7.89. The number of pyridine rings is 1. The van der Waals surface area contributed by atoms with E-state index in [9.17, 15) is 8.42 Å². The van der Waals surface area contributed by atoms with E-state index in [4.69, 9.17) is 0 Å². The first-order valence-corrected chi connectivity index (χ1v) is 6.60. The molecule has 1 N–H and O–H groups in total. The van der Waals surface area contributed by atoms with Crippen molar-refractivity contribution in [3.05, 3.63) is 60.4 Å². The zero-order valence-corrected chi connectivity index (χ0v) is 12.3. The van der Waals surface area contributed by atoms with E-state index in [-0.39, 0.29) is 36.3 Å². The van der Waals surface area contributed by atoms with Crippen LogP contribution in [0.25, 0.3) is 0 Å². The van der Waals surface area contributed by atoms with Gasteiger partial charge < -0.3 is 0 Å². The van der Waals surface area contributed by atoms with Crippen molar-refractivity contribution in [2.24, 2.45) is 0 Å². The molecule has 1 heterocycles. The van der Waals surface area contributed by atoms with E-state index in [2.05, 4.69) is 9.71 Å². The molecule has 1 aromatic carbocycles. The Morgan fingerprint density at radius 1 is 0.947 bits per heavy atom. The van der Waals surface area contributed by atoms with E-state index in [1.54, 1.807) is 54.9 Å². The molecular weight excluding hydrogens is 307 g/mol. The van der Waals surface area contributed by atoms with Crippen LogP contribution >= 0.6 is 24.8 Å². The fourth-order valence-corrected chi connectivity index (χ4v) is 2.40. The first-order chi connectivity index (χ1) is 8.18. The molecule has 0 spiro atoms. The van der Waals surface area contributed by atoms with Crippen molar-refractivity contribution in [3.8, 4) is 0 Å². The molecule has 0 atom stereocenters. The minimum absolute atomic E-state index is 0. The number of hydrogen-bond acceptors (Lipinski definition) is 3. The summed E-state index contributed by atoms with van der Waals surface area (Å²) in [6.07, 6.45) is 3.26. The first-order valence-electron chi connectivity index (χ1n) is 5.12. The van der Waals surface area contributed by atoms with Crippen molar-refractivity contribution >= 4 is 34.8 Å². The minimum Gasteiger partial charge on any atom is -0.265 e. The lowest BCUT2D eigenvalue weighted by molar-refractivity contribution is 0.581. The molecule has 0 bridgehead atoms. The third-order valence-corrected chi connectivity index (χ3v) is 3.69. The molecule has 0 unspecified atom stereocenters. The summed E-state index contributed by atoms with van der Waals surface area (Å²) in [5, 5.41) is 0. The predicted octanol–water partition coefficient (Wildman–Crippen LogP) is 2.40. The number of benzene rings is 1. The molecule has 2 aromatic rings. The standard InChI is InChI=1S/C12H12N2O2S.2ClH/c15-17(16,12-4-2-1-3-5-12)14-10-11-6-8-13-9-7-11;;/h1-9,14H,10H2;2*1H. The molecule has 0 saturated carbocycles. The fourth-order valence-electron chi connectivity index (χ4n) is 1.36. The lowest BCUT2D eigenvalue weighted by atomic mass is 10.3. The third-order valence-electron chi connectivity index (χ3n) is 2.27. The maximum atomic E-state index is 11.9. The van der Waals surface area contributed by atoms with Crippen molar-refractivity contribution in [2.75, 3.05) is 0 Å². The van der Waals surface area contributed by atoms with Gasteiger partial charge in [0.2, 0.25) is 10.0 Å². The first kappa shape index (κ1) is 17.9. The van der Waals surface area contributed by atoms with Gasteiger partial charge in [0, 0.05) is 18.9 Å². The summed E-state index contributed by atoms with van der Waals surface area (Å²) in [5.74, 6) is 0. The summed E-state index contributed by atoms with van der Waals surface area (Å²) < 4.78 is 26.3. The van der Waals surface area contributed by atoms with Gasteiger partial charge in [0.25, 0.3) is 0 Å². The topological polar surface area (TPSA) is 59.1 Å². The van der Waals surface area contributed by atoms with Crippen LogP contribution in [0.5, 0.6) is 0 Å². The molecule has 0 fully saturated rings. The average molecular weight is 321 g/mol. The Bertz CT molecular complexity index is 577. The zero-order chi connectivity index (χ0) is 12.1. The van der Waals surface area contributed by atoms with Gasteiger partial charge in [0.05, 0.1) is 4.90 Å². The van der Waals surface area contributed by atoms with Crippen molar-refractivity contribution in [3.63, 3.8) is 0 Å². The normalized spacial score (nSPS) is 10.1. The summed E-state index contributed by atoms with van der Waals surface area (Å²) in [6.45, 7) is 0.264. The van der Waals surface area contributed by atoms with Gasteiger partial charge in [-0.05, 0) is 29.8 Å². The van der Waals surface area contributed by atoms with E-state index in [1.807, 2.05) is 0 Å². The molecule has 4 nitrogen and oxygen atoms in total. The molecule has 0 aliphatic carbocycles. The van der Waals surface area contributed by atoms with E-state index in [0.29, 0.717) is 0 Å². The summed E-state index contributed by atoms with van der Waals surface area (Å²) in [7, 11) is -3.43. The maximum absolute atomic E-state index is 11.9. The quantitative estimate of drug-likeness (QED) is 0.941. The molecule has 0 aliphatic rings. The number of halogens is 2. The molecule has 1 aromatic heterocycles. The van der Waals surface area contributed by atoms with Crippen LogP contribution in [0, 0.1) is 0 Å². The second-order valence-electron chi connectivity index (χ2n) is 3.49. The molecule has 104 valence electrons. The molecule has 0 aliphatic heterocycles. The Kier molecular flexibility index (Phi) is 7.63. The molecule has 0 saturated heterocycles. The molecule has 2 rings (SSSR count). The summed E-state index contributed by atoms with van der Waals surface area (Å²) >= 11 is 0. The number of sulfonamides is 1.